The van der Waals surface area contributed by atoms with E-state index in [-0.39, 0.29) is 24.0 Å². The van der Waals surface area contributed by atoms with Crippen LogP contribution in [0, 0.1) is 5.82 Å². The number of amides is 1. The van der Waals surface area contributed by atoms with Crippen LogP contribution in [0.15, 0.2) is 60.1 Å². The maximum atomic E-state index is 14.4. The number of aromatic nitrogens is 2. The van der Waals surface area contributed by atoms with Crippen molar-refractivity contribution in [3.8, 4) is 22.6 Å². The van der Waals surface area contributed by atoms with Gasteiger partial charge in [0.15, 0.2) is 23.1 Å². The van der Waals surface area contributed by atoms with E-state index in [0.717, 1.165) is 11.1 Å². The van der Waals surface area contributed by atoms with Gasteiger partial charge in [-0.3, -0.25) is 9.69 Å². The molecule has 9 heteroatoms. The monoisotopic (exact) mass is 461 g/mol. The van der Waals surface area contributed by atoms with Gasteiger partial charge in [-0.15, -0.1) is 0 Å². The smallest absolute Gasteiger partial charge is 0.261 e. The first-order chi connectivity index (χ1) is 16.2. The molecule has 1 aromatic heterocycles. The Morgan fingerprint density at radius 3 is 2.59 bits per heavy atom. The molecule has 2 aromatic carbocycles. The highest BCUT2D eigenvalue weighted by Gasteiger charge is 2.56. The van der Waals surface area contributed by atoms with E-state index < -0.39 is 17.0 Å². The highest BCUT2D eigenvalue weighted by atomic mass is 19.1. The number of aliphatic imine (C=N–C) groups is 1. The first-order valence-corrected chi connectivity index (χ1v) is 10.8. The second kappa shape index (κ2) is 7.79. The Bertz CT molecular complexity index is 1320. The lowest BCUT2D eigenvalue weighted by atomic mass is 9.74. The number of nitrogens with two attached hydrogens (primary N) is 1. The van der Waals surface area contributed by atoms with E-state index in [1.54, 1.807) is 31.6 Å². The molecule has 3 heterocycles. The number of likely N-dealkylation sites (N-methyl/N-ethyl adjacent to an activating group) is 1. The summed E-state index contributed by atoms with van der Waals surface area (Å²) < 4.78 is 25.8. The molecular formula is C25H24FN5O3. The molecule has 3 aromatic rings. The van der Waals surface area contributed by atoms with E-state index in [1.165, 1.54) is 24.4 Å². The van der Waals surface area contributed by atoms with Crippen molar-refractivity contribution in [2.75, 3.05) is 14.2 Å². The first-order valence-electron chi connectivity index (χ1n) is 10.8. The van der Waals surface area contributed by atoms with Crippen LogP contribution in [-0.2, 0) is 16.8 Å². The van der Waals surface area contributed by atoms with Gasteiger partial charge in [0.1, 0.15) is 17.7 Å². The van der Waals surface area contributed by atoms with Crippen molar-refractivity contribution in [2.24, 2.45) is 10.7 Å². The maximum Gasteiger partial charge on any atom is 0.261 e. The van der Waals surface area contributed by atoms with Crippen LogP contribution in [0.2, 0.25) is 0 Å². The molecule has 0 radical (unpaired) electrons. The minimum atomic E-state index is -1.25. The number of fused-ring (bicyclic) bond motifs is 2. The molecule has 0 aliphatic carbocycles. The zero-order valence-corrected chi connectivity index (χ0v) is 19.1. The minimum Gasteiger partial charge on any atom is -0.494 e. The highest BCUT2D eigenvalue weighted by Crippen LogP contribution is 2.50. The molecule has 174 valence electrons. The Hall–Kier alpha value is -4.01. The lowest BCUT2D eigenvalue weighted by Crippen LogP contribution is -2.51. The lowest BCUT2D eigenvalue weighted by Gasteiger charge is -2.43. The summed E-state index contributed by atoms with van der Waals surface area (Å²) in [4.78, 5) is 27.8. The van der Waals surface area contributed by atoms with Crippen LogP contribution in [0.3, 0.4) is 0 Å². The molecule has 0 saturated carbocycles. The number of ether oxygens (including phenoxy) is 2. The van der Waals surface area contributed by atoms with Crippen molar-refractivity contribution in [3.05, 3.63) is 72.1 Å². The van der Waals surface area contributed by atoms with Crippen LogP contribution < -0.4 is 15.2 Å². The summed E-state index contributed by atoms with van der Waals surface area (Å²) in [5.74, 6) is 0.154. The summed E-state index contributed by atoms with van der Waals surface area (Å²) in [6.45, 7) is 1.90. The van der Waals surface area contributed by atoms with E-state index >= 15 is 0 Å². The van der Waals surface area contributed by atoms with Gasteiger partial charge in [0.05, 0.1) is 7.11 Å². The molecule has 2 atom stereocenters. The zero-order chi connectivity index (χ0) is 24.1. The van der Waals surface area contributed by atoms with E-state index in [2.05, 4.69) is 15.0 Å². The van der Waals surface area contributed by atoms with Crippen LogP contribution in [0.5, 0.6) is 11.5 Å². The predicted octanol–water partition coefficient (Wildman–Crippen LogP) is 3.06. The van der Waals surface area contributed by atoms with Crippen LogP contribution in [0.4, 0.5) is 4.39 Å². The van der Waals surface area contributed by atoms with Gasteiger partial charge in [-0.2, -0.15) is 0 Å². The average Bonchev–Trinajstić information content (AvgIpc) is 3.03. The summed E-state index contributed by atoms with van der Waals surface area (Å²) in [5, 5.41) is 0. The fraction of sp³-hybridized carbons (Fsp3) is 0.280. The maximum absolute atomic E-state index is 14.4. The van der Waals surface area contributed by atoms with Gasteiger partial charge >= 0.3 is 0 Å². The van der Waals surface area contributed by atoms with Crippen molar-refractivity contribution >= 4 is 11.9 Å². The number of rotatable bonds is 4. The van der Waals surface area contributed by atoms with Gasteiger partial charge in [0.25, 0.3) is 5.91 Å². The molecule has 0 bridgehead atoms. The van der Waals surface area contributed by atoms with Crippen LogP contribution in [0.25, 0.3) is 11.1 Å². The summed E-state index contributed by atoms with van der Waals surface area (Å²) in [6, 6.07) is 10.4. The Balaban J connectivity index is 1.60. The molecule has 1 amide bonds. The summed E-state index contributed by atoms with van der Waals surface area (Å²) >= 11 is 0. The highest BCUT2D eigenvalue weighted by molar-refractivity contribution is 6.07. The number of benzene rings is 2. The number of nitrogens with zero attached hydrogens (tertiary/aromatic N) is 4. The van der Waals surface area contributed by atoms with Crippen LogP contribution >= 0.6 is 0 Å². The van der Waals surface area contributed by atoms with Crippen molar-refractivity contribution in [1.29, 1.82) is 0 Å². The number of halogens is 1. The zero-order valence-electron chi connectivity index (χ0n) is 19.1. The molecule has 8 nitrogen and oxygen atoms in total. The van der Waals surface area contributed by atoms with E-state index in [1.807, 2.05) is 25.1 Å². The Morgan fingerprint density at radius 2 is 1.94 bits per heavy atom. The Labute approximate surface area is 196 Å². The fourth-order valence-corrected chi connectivity index (χ4v) is 4.85. The van der Waals surface area contributed by atoms with Crippen molar-refractivity contribution in [1.82, 2.24) is 14.9 Å². The fourth-order valence-electron chi connectivity index (χ4n) is 4.85. The van der Waals surface area contributed by atoms with Crippen molar-refractivity contribution in [3.63, 3.8) is 0 Å². The average molecular weight is 461 g/mol. The van der Waals surface area contributed by atoms with Crippen molar-refractivity contribution < 1.29 is 18.7 Å². The number of carbonyl (C=O) groups excluding carboxylic acids is 1. The second-order valence-electron chi connectivity index (χ2n) is 8.91. The summed E-state index contributed by atoms with van der Waals surface area (Å²) in [5.41, 5.74) is 6.98. The molecule has 0 fully saturated rings. The molecule has 2 aliphatic rings. The quantitative estimate of drug-likeness (QED) is 0.641. The lowest BCUT2D eigenvalue weighted by molar-refractivity contribution is -0.133. The van der Waals surface area contributed by atoms with Gasteiger partial charge in [-0.25, -0.2) is 19.4 Å². The third-order valence-electron chi connectivity index (χ3n) is 6.41. The number of guanidine groups is 1. The standard InChI is InChI=1S/C25H24FN5O3/c1-24(10-15-4-6-21(33-3)19(26)8-15)13-25(22(32)31(2)23(27)30-25)18-9-16(5-7-20(18)34-24)17-11-28-14-29-12-17/h4-9,11-12,14H,10,13H2,1-3H3,(H2,27,30)/t24-,25?/m1/s1. The largest absolute Gasteiger partial charge is 0.494 e. The normalized spacial score (nSPS) is 23.5. The Morgan fingerprint density at radius 1 is 1.18 bits per heavy atom. The van der Waals surface area contributed by atoms with E-state index in [0.29, 0.717) is 23.3 Å². The third kappa shape index (κ3) is 3.44. The Kier molecular flexibility index (Phi) is 5.00. The molecule has 1 unspecified atom stereocenters. The molecule has 2 aliphatic heterocycles. The molecule has 1 spiro atoms. The van der Waals surface area contributed by atoms with Crippen molar-refractivity contribution in [2.45, 2.75) is 30.9 Å². The number of methoxy groups -OCH3 is 1. The van der Waals surface area contributed by atoms with E-state index in [9.17, 15) is 9.18 Å². The van der Waals surface area contributed by atoms with E-state index in [4.69, 9.17) is 15.2 Å². The summed E-state index contributed by atoms with van der Waals surface area (Å²) in [7, 11) is 3.03. The molecular weight excluding hydrogens is 437 g/mol. The second-order valence-corrected chi connectivity index (χ2v) is 8.91. The SMILES string of the molecule is COc1ccc(C[C@]2(C)CC3(N=C(N)N(C)C3=O)c3cc(-c4cncnc4)ccc3O2)cc1F. The van der Waals surface area contributed by atoms with Gasteiger partial charge < -0.3 is 15.2 Å². The van der Waals surface area contributed by atoms with Crippen LogP contribution in [0.1, 0.15) is 24.5 Å². The topological polar surface area (TPSA) is 103 Å². The molecule has 0 saturated heterocycles. The minimum absolute atomic E-state index is 0.143. The third-order valence-corrected chi connectivity index (χ3v) is 6.41. The van der Waals surface area contributed by atoms with Gasteiger partial charge in [0.2, 0.25) is 0 Å². The molecule has 2 N–H and O–H groups in total. The summed E-state index contributed by atoms with van der Waals surface area (Å²) in [6.07, 6.45) is 5.46. The molecule has 34 heavy (non-hydrogen) atoms. The van der Waals surface area contributed by atoms with Gasteiger partial charge in [-0.05, 0) is 42.3 Å². The molecule has 5 rings (SSSR count). The number of carbonyl (C=O) groups is 1. The van der Waals surface area contributed by atoms with Crippen LogP contribution in [-0.4, -0.2) is 46.5 Å². The predicted molar refractivity (Wildman–Crippen MR) is 124 cm³/mol. The number of hydrogen-bond acceptors (Lipinski definition) is 7. The number of hydrogen-bond donors (Lipinski definition) is 1. The van der Waals surface area contributed by atoms with Gasteiger partial charge in [0, 0.05) is 43.4 Å². The van der Waals surface area contributed by atoms with Gasteiger partial charge in [-0.1, -0.05) is 12.1 Å². The first kappa shape index (κ1) is 21.8.